The molecule has 0 fully saturated rings. The van der Waals surface area contributed by atoms with Gasteiger partial charge in [0.05, 0.1) is 12.0 Å². The van der Waals surface area contributed by atoms with Crippen LogP contribution in [0.4, 0.5) is 5.13 Å². The molecule has 6 nitrogen and oxygen atoms in total. The first-order valence-corrected chi connectivity index (χ1v) is 9.50. The molecule has 0 saturated heterocycles. The predicted octanol–water partition coefficient (Wildman–Crippen LogP) is 4.10. The third-order valence-corrected chi connectivity index (χ3v) is 4.82. The van der Waals surface area contributed by atoms with E-state index >= 15 is 0 Å². The lowest BCUT2D eigenvalue weighted by Gasteiger charge is -2.20. The van der Waals surface area contributed by atoms with E-state index in [0.29, 0.717) is 5.13 Å². The van der Waals surface area contributed by atoms with E-state index < -0.39 is 11.9 Å². The Balaban J connectivity index is 1.69. The van der Waals surface area contributed by atoms with Crippen molar-refractivity contribution in [1.29, 1.82) is 0 Å². The summed E-state index contributed by atoms with van der Waals surface area (Å²) in [5, 5.41) is 7.90. The standard InChI is InChI=1S/C20H21N3O3S/c1-12(2)17(22-18(24)16-5-4-10-26-16)19(25)23-20-21-15(11-27-20)14-8-6-13(3)7-9-14/h4-12,17H,1-3H3,(H,22,24)(H,21,23,25). The second kappa shape index (κ2) is 8.18. The van der Waals surface area contributed by atoms with E-state index in [-0.39, 0.29) is 17.6 Å². The van der Waals surface area contributed by atoms with E-state index in [1.807, 2.05) is 50.4 Å². The average Bonchev–Trinajstić information content (AvgIpc) is 3.31. The number of carbonyl (C=O) groups is 2. The van der Waals surface area contributed by atoms with Crippen LogP contribution in [0.5, 0.6) is 0 Å². The summed E-state index contributed by atoms with van der Waals surface area (Å²) in [5.74, 6) is -0.659. The van der Waals surface area contributed by atoms with Crippen LogP contribution >= 0.6 is 11.3 Å². The van der Waals surface area contributed by atoms with Gasteiger partial charge in [-0.25, -0.2) is 4.98 Å². The monoisotopic (exact) mass is 383 g/mol. The number of thiazole rings is 1. The zero-order chi connectivity index (χ0) is 19.4. The number of carbonyl (C=O) groups excluding carboxylic acids is 2. The highest BCUT2D eigenvalue weighted by Gasteiger charge is 2.26. The Hall–Kier alpha value is -2.93. The Morgan fingerprint density at radius 2 is 1.89 bits per heavy atom. The van der Waals surface area contributed by atoms with Gasteiger partial charge in [-0.3, -0.25) is 9.59 Å². The van der Waals surface area contributed by atoms with Crippen LogP contribution in [0.15, 0.2) is 52.5 Å². The van der Waals surface area contributed by atoms with Crippen LogP contribution in [-0.4, -0.2) is 22.8 Å². The van der Waals surface area contributed by atoms with Crippen molar-refractivity contribution >= 4 is 28.3 Å². The molecule has 2 heterocycles. The number of nitrogens with one attached hydrogen (secondary N) is 2. The lowest BCUT2D eigenvalue weighted by molar-refractivity contribution is -0.118. The van der Waals surface area contributed by atoms with Crippen molar-refractivity contribution < 1.29 is 14.0 Å². The number of anilines is 1. The van der Waals surface area contributed by atoms with Crippen molar-refractivity contribution in [3.05, 3.63) is 59.4 Å². The molecule has 140 valence electrons. The molecule has 0 aliphatic rings. The first kappa shape index (κ1) is 18.8. The molecule has 1 aromatic carbocycles. The summed E-state index contributed by atoms with van der Waals surface area (Å²) in [6.45, 7) is 5.76. The molecule has 7 heteroatoms. The number of amides is 2. The van der Waals surface area contributed by atoms with E-state index in [1.165, 1.54) is 23.2 Å². The van der Waals surface area contributed by atoms with Gasteiger partial charge in [0.25, 0.3) is 5.91 Å². The number of hydrogen-bond donors (Lipinski definition) is 2. The van der Waals surface area contributed by atoms with Crippen molar-refractivity contribution in [3.8, 4) is 11.3 Å². The molecular weight excluding hydrogens is 362 g/mol. The Morgan fingerprint density at radius 3 is 2.52 bits per heavy atom. The van der Waals surface area contributed by atoms with Gasteiger partial charge >= 0.3 is 0 Å². The molecule has 0 aliphatic heterocycles. The second-order valence-corrected chi connectivity index (χ2v) is 7.42. The number of hydrogen-bond acceptors (Lipinski definition) is 5. The maximum absolute atomic E-state index is 12.7. The summed E-state index contributed by atoms with van der Waals surface area (Å²) >= 11 is 1.35. The molecule has 0 radical (unpaired) electrons. The van der Waals surface area contributed by atoms with Crippen LogP contribution < -0.4 is 10.6 Å². The van der Waals surface area contributed by atoms with Gasteiger partial charge in [-0.15, -0.1) is 11.3 Å². The minimum atomic E-state index is -0.700. The fourth-order valence-corrected chi connectivity index (χ4v) is 3.25. The third kappa shape index (κ3) is 4.62. The second-order valence-electron chi connectivity index (χ2n) is 6.57. The minimum absolute atomic E-state index is 0.0968. The topological polar surface area (TPSA) is 84.2 Å². The van der Waals surface area contributed by atoms with Gasteiger partial charge in [0.1, 0.15) is 6.04 Å². The smallest absolute Gasteiger partial charge is 0.287 e. The zero-order valence-corrected chi connectivity index (χ0v) is 16.2. The number of furan rings is 1. The van der Waals surface area contributed by atoms with Crippen molar-refractivity contribution in [2.24, 2.45) is 5.92 Å². The van der Waals surface area contributed by atoms with Gasteiger partial charge in [-0.1, -0.05) is 43.7 Å². The quantitative estimate of drug-likeness (QED) is 0.671. The highest BCUT2D eigenvalue weighted by Crippen LogP contribution is 2.25. The number of nitrogens with zero attached hydrogens (tertiary/aromatic N) is 1. The predicted molar refractivity (Wildman–Crippen MR) is 106 cm³/mol. The average molecular weight is 383 g/mol. The minimum Gasteiger partial charge on any atom is -0.459 e. The van der Waals surface area contributed by atoms with E-state index in [0.717, 1.165) is 11.3 Å². The van der Waals surface area contributed by atoms with Gasteiger partial charge in [0.15, 0.2) is 10.9 Å². The SMILES string of the molecule is Cc1ccc(-c2csc(NC(=O)C(NC(=O)c3ccco3)C(C)C)n2)cc1. The van der Waals surface area contributed by atoms with Crippen molar-refractivity contribution in [3.63, 3.8) is 0 Å². The zero-order valence-electron chi connectivity index (χ0n) is 15.4. The summed E-state index contributed by atoms with van der Waals surface area (Å²) in [7, 11) is 0. The molecule has 0 spiro atoms. The van der Waals surface area contributed by atoms with E-state index in [1.54, 1.807) is 12.1 Å². The number of aryl methyl sites for hydroxylation is 1. The van der Waals surface area contributed by atoms with Crippen LogP contribution in [0.1, 0.15) is 30.0 Å². The Bertz CT molecular complexity index is 914. The molecule has 3 rings (SSSR count). The van der Waals surface area contributed by atoms with Crippen molar-refractivity contribution in [2.45, 2.75) is 26.8 Å². The molecule has 0 aliphatic carbocycles. The largest absolute Gasteiger partial charge is 0.459 e. The van der Waals surface area contributed by atoms with Gasteiger partial charge in [0.2, 0.25) is 5.91 Å². The molecule has 2 N–H and O–H groups in total. The lowest BCUT2D eigenvalue weighted by Crippen LogP contribution is -2.47. The summed E-state index contributed by atoms with van der Waals surface area (Å²) in [5.41, 5.74) is 2.97. The summed E-state index contributed by atoms with van der Waals surface area (Å²) in [6.07, 6.45) is 1.42. The lowest BCUT2D eigenvalue weighted by atomic mass is 10.0. The van der Waals surface area contributed by atoms with Crippen LogP contribution in [0.25, 0.3) is 11.3 Å². The molecule has 1 unspecified atom stereocenters. The molecule has 27 heavy (non-hydrogen) atoms. The van der Waals surface area contributed by atoms with Gasteiger partial charge in [-0.05, 0) is 25.0 Å². The van der Waals surface area contributed by atoms with Gasteiger partial charge < -0.3 is 15.1 Å². The van der Waals surface area contributed by atoms with Crippen LogP contribution in [0, 0.1) is 12.8 Å². The van der Waals surface area contributed by atoms with Crippen LogP contribution in [0.3, 0.4) is 0 Å². The highest BCUT2D eigenvalue weighted by molar-refractivity contribution is 7.14. The molecule has 0 saturated carbocycles. The molecule has 2 amide bonds. The summed E-state index contributed by atoms with van der Waals surface area (Å²) in [6, 6.07) is 10.5. The molecular formula is C20H21N3O3S. The maximum atomic E-state index is 12.7. The Labute approximate surface area is 161 Å². The summed E-state index contributed by atoms with van der Waals surface area (Å²) < 4.78 is 5.08. The Kier molecular flexibility index (Phi) is 5.71. The van der Waals surface area contributed by atoms with Gasteiger partial charge in [0, 0.05) is 10.9 Å². The van der Waals surface area contributed by atoms with Crippen molar-refractivity contribution in [1.82, 2.24) is 10.3 Å². The van der Waals surface area contributed by atoms with Gasteiger partial charge in [-0.2, -0.15) is 0 Å². The van der Waals surface area contributed by atoms with E-state index in [9.17, 15) is 9.59 Å². The fourth-order valence-electron chi connectivity index (χ4n) is 2.53. The summed E-state index contributed by atoms with van der Waals surface area (Å²) in [4.78, 5) is 29.3. The van der Waals surface area contributed by atoms with Crippen LogP contribution in [0.2, 0.25) is 0 Å². The maximum Gasteiger partial charge on any atom is 0.287 e. The third-order valence-electron chi connectivity index (χ3n) is 4.06. The highest BCUT2D eigenvalue weighted by atomic mass is 32.1. The van der Waals surface area contributed by atoms with E-state index in [4.69, 9.17) is 4.42 Å². The Morgan fingerprint density at radius 1 is 1.15 bits per heavy atom. The molecule has 0 bridgehead atoms. The number of benzene rings is 1. The first-order chi connectivity index (χ1) is 12.9. The molecule has 3 aromatic rings. The molecule has 2 aromatic heterocycles. The number of rotatable bonds is 6. The fraction of sp³-hybridized carbons (Fsp3) is 0.250. The van der Waals surface area contributed by atoms with Crippen molar-refractivity contribution in [2.75, 3.05) is 5.32 Å². The molecule has 1 atom stereocenters. The number of aromatic nitrogens is 1. The van der Waals surface area contributed by atoms with E-state index in [2.05, 4.69) is 15.6 Å². The van der Waals surface area contributed by atoms with Crippen LogP contribution in [-0.2, 0) is 4.79 Å². The normalized spacial score (nSPS) is 12.0. The first-order valence-electron chi connectivity index (χ1n) is 8.62.